The van der Waals surface area contributed by atoms with Gasteiger partial charge in [-0.15, -0.1) is 0 Å². The Morgan fingerprint density at radius 1 is 0.882 bits per heavy atom. The third kappa shape index (κ3) is 15.1. The number of hydrogen-bond donors (Lipinski definition) is 3. The van der Waals surface area contributed by atoms with Gasteiger partial charge in [0.1, 0.15) is 6.61 Å². The number of rotatable bonds is 16. The molecule has 0 spiro atoms. The van der Waals surface area contributed by atoms with Gasteiger partial charge in [0.25, 0.3) is 0 Å². The first-order chi connectivity index (χ1) is 16.5. The number of hydrogen-bond acceptors (Lipinski definition) is 6. The predicted molar refractivity (Wildman–Crippen MR) is 124 cm³/mol. The van der Waals surface area contributed by atoms with Crippen LogP contribution in [-0.4, -0.2) is 48.0 Å². The van der Waals surface area contributed by atoms with E-state index in [9.17, 15) is 19.2 Å². The molecule has 2 rings (SSSR count). The molecule has 10 heteroatoms. The second kappa shape index (κ2) is 18.8. The SMILES string of the molecule is O=CN(CCCC(=O)O)OCc1ccccc1.O=CNCCCC(=O)NOCc1ccccc1. The maximum Gasteiger partial charge on any atom is 0.303 e. The molecule has 0 heterocycles. The van der Waals surface area contributed by atoms with Crippen molar-refractivity contribution in [2.45, 2.75) is 38.9 Å². The number of amides is 3. The molecule has 0 bridgehead atoms. The molecule has 0 saturated heterocycles. The van der Waals surface area contributed by atoms with Crippen LogP contribution in [0.4, 0.5) is 0 Å². The summed E-state index contributed by atoms with van der Waals surface area (Å²) in [6.07, 6.45) is 2.51. The summed E-state index contributed by atoms with van der Waals surface area (Å²) < 4.78 is 0. The molecule has 0 atom stereocenters. The number of carboxylic acid groups (broad SMARTS) is 1. The minimum absolute atomic E-state index is 0.0268. The highest BCUT2D eigenvalue weighted by molar-refractivity contribution is 5.74. The van der Waals surface area contributed by atoms with Crippen LogP contribution in [0.5, 0.6) is 0 Å². The number of hydroxylamine groups is 3. The zero-order valence-electron chi connectivity index (χ0n) is 18.9. The van der Waals surface area contributed by atoms with Gasteiger partial charge in [0.2, 0.25) is 18.7 Å². The lowest BCUT2D eigenvalue weighted by molar-refractivity contribution is -0.178. The molecule has 2 aromatic carbocycles. The van der Waals surface area contributed by atoms with Crippen molar-refractivity contribution in [3.63, 3.8) is 0 Å². The van der Waals surface area contributed by atoms with Gasteiger partial charge in [0, 0.05) is 25.9 Å². The Morgan fingerprint density at radius 3 is 2.06 bits per heavy atom. The molecular weight excluding hydrogens is 442 g/mol. The van der Waals surface area contributed by atoms with E-state index in [-0.39, 0.29) is 18.9 Å². The smallest absolute Gasteiger partial charge is 0.303 e. The topological polar surface area (TPSA) is 134 Å². The molecule has 0 radical (unpaired) electrons. The van der Waals surface area contributed by atoms with Gasteiger partial charge in [-0.3, -0.25) is 28.9 Å². The summed E-state index contributed by atoms with van der Waals surface area (Å²) in [5, 5.41) is 12.1. The molecule has 0 aliphatic heterocycles. The second-order valence-corrected chi connectivity index (χ2v) is 6.98. The molecule has 0 aliphatic carbocycles. The van der Waals surface area contributed by atoms with Crippen LogP contribution < -0.4 is 10.8 Å². The fraction of sp³-hybridized carbons (Fsp3) is 0.333. The number of carbonyl (C=O) groups is 4. The molecule has 2 aromatic rings. The van der Waals surface area contributed by atoms with Crippen molar-refractivity contribution >= 4 is 24.7 Å². The number of benzene rings is 2. The van der Waals surface area contributed by atoms with E-state index in [0.717, 1.165) is 16.2 Å². The van der Waals surface area contributed by atoms with Crippen LogP contribution in [0.2, 0.25) is 0 Å². The largest absolute Gasteiger partial charge is 0.481 e. The Bertz CT molecular complexity index is 835. The molecule has 34 heavy (non-hydrogen) atoms. The van der Waals surface area contributed by atoms with Gasteiger partial charge < -0.3 is 10.4 Å². The van der Waals surface area contributed by atoms with Gasteiger partial charge in [-0.1, -0.05) is 60.7 Å². The Kier molecular flexibility index (Phi) is 15.6. The third-order valence-corrected chi connectivity index (χ3v) is 4.20. The molecule has 0 saturated carbocycles. The lowest BCUT2D eigenvalue weighted by Crippen LogP contribution is -2.24. The zero-order valence-corrected chi connectivity index (χ0v) is 18.9. The summed E-state index contributed by atoms with van der Waals surface area (Å²) in [6, 6.07) is 19.0. The van der Waals surface area contributed by atoms with Crippen molar-refractivity contribution in [1.29, 1.82) is 0 Å². The molecule has 0 unspecified atom stereocenters. The van der Waals surface area contributed by atoms with E-state index in [1.54, 1.807) is 0 Å². The molecule has 0 aliphatic rings. The van der Waals surface area contributed by atoms with Crippen molar-refractivity contribution in [3.05, 3.63) is 71.8 Å². The van der Waals surface area contributed by atoms with Crippen LogP contribution in [0, 0.1) is 0 Å². The van der Waals surface area contributed by atoms with Crippen LogP contribution >= 0.6 is 0 Å². The first-order valence-electron chi connectivity index (χ1n) is 10.8. The van der Waals surface area contributed by atoms with Crippen molar-refractivity contribution in [2.24, 2.45) is 0 Å². The molecule has 0 fully saturated rings. The number of nitrogens with zero attached hydrogens (tertiary/aromatic N) is 1. The third-order valence-electron chi connectivity index (χ3n) is 4.20. The van der Waals surface area contributed by atoms with Crippen LogP contribution in [0.25, 0.3) is 0 Å². The fourth-order valence-electron chi connectivity index (χ4n) is 2.50. The Balaban J connectivity index is 0.000000340. The fourth-order valence-corrected chi connectivity index (χ4v) is 2.50. The monoisotopic (exact) mass is 473 g/mol. The van der Waals surface area contributed by atoms with Crippen LogP contribution in [0.1, 0.15) is 36.8 Å². The van der Waals surface area contributed by atoms with Gasteiger partial charge in [0.05, 0.1) is 6.61 Å². The van der Waals surface area contributed by atoms with Crippen LogP contribution in [0.3, 0.4) is 0 Å². The minimum Gasteiger partial charge on any atom is -0.481 e. The van der Waals surface area contributed by atoms with E-state index in [1.165, 1.54) is 0 Å². The molecule has 10 nitrogen and oxygen atoms in total. The minimum atomic E-state index is -0.876. The standard InChI is InChI=1S/C12H16N2O3.C12H15NO4/c15-10-13-8-4-7-12(16)14-17-9-11-5-2-1-3-6-11;14-10-13(8-4-7-12(15)16)17-9-11-5-2-1-3-6-11/h1-3,5-6,10H,4,7-9H2,(H,13,15)(H,14,16);1-3,5-6,10H,4,7-9H2,(H,15,16). The van der Waals surface area contributed by atoms with Gasteiger partial charge in [-0.2, -0.15) is 0 Å². The van der Waals surface area contributed by atoms with Gasteiger partial charge >= 0.3 is 5.97 Å². The first-order valence-corrected chi connectivity index (χ1v) is 10.8. The zero-order chi connectivity index (χ0) is 24.9. The normalized spacial score (nSPS) is 9.76. The highest BCUT2D eigenvalue weighted by Gasteiger charge is 2.04. The number of nitrogens with one attached hydrogen (secondary N) is 2. The van der Waals surface area contributed by atoms with E-state index in [2.05, 4.69) is 10.8 Å². The predicted octanol–water partition coefficient (Wildman–Crippen LogP) is 2.20. The Hall–Kier alpha value is -3.76. The van der Waals surface area contributed by atoms with Crippen LogP contribution in [-0.2, 0) is 42.1 Å². The van der Waals surface area contributed by atoms with E-state index in [0.29, 0.717) is 51.8 Å². The van der Waals surface area contributed by atoms with Crippen molar-refractivity contribution in [2.75, 3.05) is 13.1 Å². The lowest BCUT2D eigenvalue weighted by atomic mass is 10.2. The maximum atomic E-state index is 11.2. The van der Waals surface area contributed by atoms with Crippen LogP contribution in [0.15, 0.2) is 60.7 Å². The van der Waals surface area contributed by atoms with E-state index < -0.39 is 5.97 Å². The summed E-state index contributed by atoms with van der Waals surface area (Å²) in [5.74, 6) is -1.06. The number of carboxylic acids is 1. The maximum absolute atomic E-state index is 11.2. The molecule has 184 valence electrons. The van der Waals surface area contributed by atoms with Crippen molar-refractivity contribution in [1.82, 2.24) is 15.9 Å². The van der Waals surface area contributed by atoms with Gasteiger partial charge in [-0.25, -0.2) is 10.5 Å². The second-order valence-electron chi connectivity index (χ2n) is 6.98. The summed E-state index contributed by atoms with van der Waals surface area (Å²) in [4.78, 5) is 52.4. The van der Waals surface area contributed by atoms with Crippen molar-refractivity contribution in [3.8, 4) is 0 Å². The summed E-state index contributed by atoms with van der Waals surface area (Å²) in [6.45, 7) is 1.42. The Morgan fingerprint density at radius 2 is 1.50 bits per heavy atom. The average Bonchev–Trinajstić information content (AvgIpc) is 2.85. The quantitative estimate of drug-likeness (QED) is 0.193. The molecule has 0 aromatic heterocycles. The van der Waals surface area contributed by atoms with Gasteiger partial charge in [-0.05, 0) is 24.0 Å². The number of carbonyl (C=O) groups excluding carboxylic acids is 3. The van der Waals surface area contributed by atoms with Crippen molar-refractivity contribution < 1.29 is 34.0 Å². The van der Waals surface area contributed by atoms with E-state index in [4.69, 9.17) is 14.8 Å². The van der Waals surface area contributed by atoms with E-state index in [1.807, 2.05) is 60.7 Å². The number of aliphatic carboxylic acids is 1. The molecule has 3 N–H and O–H groups in total. The average molecular weight is 474 g/mol. The summed E-state index contributed by atoms with van der Waals surface area (Å²) in [5.41, 5.74) is 4.30. The summed E-state index contributed by atoms with van der Waals surface area (Å²) >= 11 is 0. The Labute approximate surface area is 198 Å². The highest BCUT2D eigenvalue weighted by atomic mass is 16.7. The lowest BCUT2D eigenvalue weighted by Gasteiger charge is -2.16. The highest BCUT2D eigenvalue weighted by Crippen LogP contribution is 2.03. The summed E-state index contributed by atoms with van der Waals surface area (Å²) in [7, 11) is 0. The first kappa shape index (κ1) is 28.3. The molecule has 3 amide bonds. The molecular formula is C24H31N3O7. The van der Waals surface area contributed by atoms with E-state index >= 15 is 0 Å². The van der Waals surface area contributed by atoms with Gasteiger partial charge in [0.15, 0.2) is 0 Å².